The third-order valence-electron chi connectivity index (χ3n) is 5.70. The molecule has 28 heavy (non-hydrogen) atoms. The number of amides is 1. The molecule has 0 spiro atoms. The SMILES string of the molecule is CN(C)C[C@H](O)COc1ccc(CN2CCN(C3CCCCC3)C(=O)C2)cc1. The van der Waals surface area contributed by atoms with Gasteiger partial charge in [0.25, 0.3) is 0 Å². The molecule has 1 aromatic carbocycles. The minimum atomic E-state index is -0.499. The van der Waals surface area contributed by atoms with Crippen LogP contribution in [0, 0.1) is 0 Å². The second kappa shape index (κ2) is 10.2. The Labute approximate surface area is 169 Å². The Morgan fingerprint density at radius 3 is 2.50 bits per heavy atom. The number of carbonyl (C=O) groups is 1. The topological polar surface area (TPSA) is 56.3 Å². The van der Waals surface area contributed by atoms with E-state index in [0.29, 0.717) is 19.1 Å². The number of aliphatic hydroxyl groups excluding tert-OH is 1. The highest BCUT2D eigenvalue weighted by molar-refractivity contribution is 5.79. The summed E-state index contributed by atoms with van der Waals surface area (Å²) in [5.74, 6) is 1.05. The van der Waals surface area contributed by atoms with E-state index in [0.717, 1.165) is 25.4 Å². The van der Waals surface area contributed by atoms with Crippen molar-refractivity contribution in [1.29, 1.82) is 0 Å². The van der Waals surface area contributed by atoms with E-state index in [9.17, 15) is 9.90 Å². The summed E-state index contributed by atoms with van der Waals surface area (Å²) in [4.78, 5) is 18.9. The number of hydrogen-bond acceptors (Lipinski definition) is 5. The third-order valence-corrected chi connectivity index (χ3v) is 5.70. The van der Waals surface area contributed by atoms with Crippen LogP contribution in [0.3, 0.4) is 0 Å². The van der Waals surface area contributed by atoms with Crippen molar-refractivity contribution in [1.82, 2.24) is 14.7 Å². The van der Waals surface area contributed by atoms with Crippen LogP contribution in [0.2, 0.25) is 0 Å². The highest BCUT2D eigenvalue weighted by Crippen LogP contribution is 2.24. The van der Waals surface area contributed by atoms with Crippen molar-refractivity contribution >= 4 is 5.91 Å². The predicted molar refractivity (Wildman–Crippen MR) is 110 cm³/mol. The van der Waals surface area contributed by atoms with Gasteiger partial charge in [0.05, 0.1) is 6.54 Å². The highest BCUT2D eigenvalue weighted by atomic mass is 16.5. The van der Waals surface area contributed by atoms with Gasteiger partial charge in [0.15, 0.2) is 0 Å². The molecule has 1 N–H and O–H groups in total. The minimum absolute atomic E-state index is 0.285. The normalized spacial score (nSPS) is 20.6. The van der Waals surface area contributed by atoms with E-state index < -0.39 is 6.10 Å². The van der Waals surface area contributed by atoms with Gasteiger partial charge in [-0.3, -0.25) is 9.69 Å². The summed E-state index contributed by atoms with van der Waals surface area (Å²) in [5.41, 5.74) is 1.18. The van der Waals surface area contributed by atoms with Crippen LogP contribution in [0.5, 0.6) is 5.75 Å². The molecule has 1 amide bonds. The average Bonchev–Trinajstić information content (AvgIpc) is 2.68. The maximum Gasteiger partial charge on any atom is 0.237 e. The highest BCUT2D eigenvalue weighted by Gasteiger charge is 2.30. The number of rotatable bonds is 8. The number of piperazine rings is 1. The molecule has 1 atom stereocenters. The molecular weight excluding hydrogens is 354 g/mol. The fourth-order valence-electron chi connectivity index (χ4n) is 4.26. The van der Waals surface area contributed by atoms with E-state index in [1.54, 1.807) is 0 Å². The standard InChI is InChI=1S/C22H35N3O3/c1-23(2)15-20(26)17-28-21-10-8-18(9-11-21)14-24-12-13-25(22(27)16-24)19-6-4-3-5-7-19/h8-11,19-20,26H,3-7,12-17H2,1-2H3/t20-/m0/s1. The fourth-order valence-corrected chi connectivity index (χ4v) is 4.26. The summed E-state index contributed by atoms with van der Waals surface area (Å²) in [6.07, 6.45) is 5.70. The Balaban J connectivity index is 1.44. The van der Waals surface area contributed by atoms with Gasteiger partial charge in [-0.25, -0.2) is 0 Å². The first-order valence-electron chi connectivity index (χ1n) is 10.6. The first-order chi connectivity index (χ1) is 13.5. The van der Waals surface area contributed by atoms with Crippen LogP contribution in [0.4, 0.5) is 0 Å². The number of aliphatic hydroxyl groups is 1. The van der Waals surface area contributed by atoms with Gasteiger partial charge in [0, 0.05) is 32.2 Å². The lowest BCUT2D eigenvalue weighted by atomic mass is 9.93. The first-order valence-corrected chi connectivity index (χ1v) is 10.6. The van der Waals surface area contributed by atoms with E-state index in [4.69, 9.17) is 4.74 Å². The molecule has 3 rings (SSSR count). The maximum absolute atomic E-state index is 12.6. The Bertz CT molecular complexity index is 614. The molecule has 1 aromatic rings. The van der Waals surface area contributed by atoms with Gasteiger partial charge in [0.2, 0.25) is 5.91 Å². The lowest BCUT2D eigenvalue weighted by Gasteiger charge is -2.40. The van der Waals surface area contributed by atoms with E-state index in [2.05, 4.69) is 9.80 Å². The van der Waals surface area contributed by atoms with Gasteiger partial charge in [-0.15, -0.1) is 0 Å². The van der Waals surface area contributed by atoms with Crippen LogP contribution in [0.15, 0.2) is 24.3 Å². The lowest BCUT2D eigenvalue weighted by Crippen LogP contribution is -2.54. The van der Waals surface area contributed by atoms with Gasteiger partial charge in [0.1, 0.15) is 18.5 Å². The molecule has 6 nitrogen and oxygen atoms in total. The average molecular weight is 390 g/mol. The third kappa shape index (κ3) is 6.19. The smallest absolute Gasteiger partial charge is 0.237 e. The molecule has 6 heteroatoms. The number of benzene rings is 1. The molecule has 156 valence electrons. The Kier molecular flexibility index (Phi) is 7.71. The van der Waals surface area contributed by atoms with E-state index in [-0.39, 0.29) is 12.5 Å². The zero-order valence-corrected chi connectivity index (χ0v) is 17.3. The van der Waals surface area contributed by atoms with Crippen LogP contribution in [0.25, 0.3) is 0 Å². The van der Waals surface area contributed by atoms with E-state index in [1.165, 1.54) is 37.7 Å². The van der Waals surface area contributed by atoms with Crippen molar-refractivity contribution in [2.24, 2.45) is 0 Å². The van der Waals surface area contributed by atoms with Crippen molar-refractivity contribution in [2.75, 3.05) is 46.9 Å². The molecule has 2 fully saturated rings. The molecule has 1 saturated carbocycles. The zero-order valence-electron chi connectivity index (χ0n) is 17.3. The van der Waals surface area contributed by atoms with Crippen LogP contribution < -0.4 is 4.74 Å². The number of nitrogens with zero attached hydrogens (tertiary/aromatic N) is 3. The summed E-state index contributed by atoms with van der Waals surface area (Å²) in [6.45, 7) is 3.97. The van der Waals surface area contributed by atoms with Crippen molar-refractivity contribution in [2.45, 2.75) is 50.8 Å². The van der Waals surface area contributed by atoms with Crippen molar-refractivity contribution < 1.29 is 14.6 Å². The van der Waals surface area contributed by atoms with Crippen LogP contribution in [-0.2, 0) is 11.3 Å². The molecule has 1 heterocycles. The molecule has 0 bridgehead atoms. The second-order valence-corrected chi connectivity index (χ2v) is 8.46. The number of likely N-dealkylation sites (N-methyl/N-ethyl adjacent to an activating group) is 1. The molecular formula is C22H35N3O3. The van der Waals surface area contributed by atoms with Gasteiger partial charge >= 0.3 is 0 Å². The Morgan fingerprint density at radius 1 is 1.14 bits per heavy atom. The second-order valence-electron chi connectivity index (χ2n) is 8.46. The summed E-state index contributed by atoms with van der Waals surface area (Å²) in [5, 5.41) is 9.88. The lowest BCUT2D eigenvalue weighted by molar-refractivity contribution is -0.139. The molecule has 1 saturated heterocycles. The summed E-state index contributed by atoms with van der Waals surface area (Å²) in [6, 6.07) is 8.45. The number of hydrogen-bond donors (Lipinski definition) is 1. The number of carbonyl (C=O) groups excluding carboxylic acids is 1. The van der Waals surface area contributed by atoms with Gasteiger partial charge in [-0.2, -0.15) is 0 Å². The van der Waals surface area contributed by atoms with E-state index in [1.807, 2.05) is 43.3 Å². The summed E-state index contributed by atoms with van der Waals surface area (Å²) >= 11 is 0. The van der Waals surface area contributed by atoms with Gasteiger partial charge in [-0.1, -0.05) is 31.4 Å². The predicted octanol–water partition coefficient (Wildman–Crippen LogP) is 1.96. The molecule has 0 aromatic heterocycles. The van der Waals surface area contributed by atoms with Crippen molar-refractivity contribution in [3.05, 3.63) is 29.8 Å². The summed E-state index contributed by atoms with van der Waals surface area (Å²) in [7, 11) is 3.86. The summed E-state index contributed by atoms with van der Waals surface area (Å²) < 4.78 is 5.66. The van der Waals surface area contributed by atoms with Crippen LogP contribution in [0.1, 0.15) is 37.7 Å². The Hall–Kier alpha value is -1.63. The van der Waals surface area contributed by atoms with Gasteiger partial charge in [-0.05, 0) is 44.6 Å². The van der Waals surface area contributed by atoms with Crippen LogP contribution >= 0.6 is 0 Å². The number of ether oxygens (including phenoxy) is 1. The van der Waals surface area contributed by atoms with Crippen molar-refractivity contribution in [3.63, 3.8) is 0 Å². The monoisotopic (exact) mass is 389 g/mol. The fraction of sp³-hybridized carbons (Fsp3) is 0.682. The Morgan fingerprint density at radius 2 is 1.86 bits per heavy atom. The molecule has 1 aliphatic heterocycles. The quantitative estimate of drug-likeness (QED) is 0.737. The maximum atomic E-state index is 12.6. The molecule has 2 aliphatic rings. The minimum Gasteiger partial charge on any atom is -0.491 e. The first kappa shape index (κ1) is 21.1. The molecule has 0 radical (unpaired) electrons. The molecule has 0 unspecified atom stereocenters. The largest absolute Gasteiger partial charge is 0.491 e. The van der Waals surface area contributed by atoms with Gasteiger partial charge < -0.3 is 19.6 Å². The molecule has 1 aliphatic carbocycles. The zero-order chi connectivity index (χ0) is 19.9. The van der Waals surface area contributed by atoms with E-state index >= 15 is 0 Å². The van der Waals surface area contributed by atoms with Crippen molar-refractivity contribution in [3.8, 4) is 5.75 Å². The van der Waals surface area contributed by atoms with Crippen LogP contribution in [-0.4, -0.2) is 84.7 Å².